The van der Waals surface area contributed by atoms with Gasteiger partial charge in [0.15, 0.2) is 0 Å². The molecule has 0 spiro atoms. The van der Waals surface area contributed by atoms with Gasteiger partial charge in [-0.1, -0.05) is 0 Å². The van der Waals surface area contributed by atoms with Crippen LogP contribution in [0.15, 0.2) is 18.6 Å². The van der Waals surface area contributed by atoms with Crippen molar-refractivity contribution in [3.63, 3.8) is 0 Å². The number of carbonyl (C=O) groups is 1. The minimum Gasteiger partial charge on any atom is -0.345 e. The third kappa shape index (κ3) is 2.12. The molecule has 1 aromatic rings. The van der Waals surface area contributed by atoms with E-state index in [4.69, 9.17) is 0 Å². The van der Waals surface area contributed by atoms with Gasteiger partial charge in [0.1, 0.15) is 0 Å². The fourth-order valence-electron chi connectivity index (χ4n) is 3.00. The van der Waals surface area contributed by atoms with Crippen LogP contribution >= 0.6 is 0 Å². The first-order valence-electron chi connectivity index (χ1n) is 6.30. The van der Waals surface area contributed by atoms with Gasteiger partial charge < -0.3 is 9.88 Å². The lowest BCUT2D eigenvalue weighted by Crippen LogP contribution is -2.41. The molecule has 2 aliphatic rings. The van der Waals surface area contributed by atoms with Gasteiger partial charge >= 0.3 is 0 Å². The molecule has 4 nitrogen and oxygen atoms in total. The van der Waals surface area contributed by atoms with Crippen LogP contribution in [0.25, 0.3) is 6.08 Å². The van der Waals surface area contributed by atoms with Crippen LogP contribution in [0, 0.1) is 5.92 Å². The first kappa shape index (κ1) is 10.6. The molecule has 2 heterocycles. The molecule has 4 heteroatoms. The van der Waals surface area contributed by atoms with Crippen LogP contribution in [0.4, 0.5) is 0 Å². The highest BCUT2D eigenvalue weighted by molar-refractivity contribution is 5.91. The van der Waals surface area contributed by atoms with Gasteiger partial charge in [-0.05, 0) is 37.7 Å². The van der Waals surface area contributed by atoms with E-state index in [0.717, 1.165) is 18.2 Å². The molecular weight excluding hydrogens is 214 g/mol. The SMILES string of the molecule is O=C(/C=C/c1cnc[nH]1)N1CCC2CCC1C2. The average Bonchev–Trinajstić information content (AvgIpc) is 2.97. The Bertz CT molecular complexity index is 424. The van der Waals surface area contributed by atoms with Gasteiger partial charge in [0.2, 0.25) is 5.91 Å². The second-order valence-electron chi connectivity index (χ2n) is 4.99. The number of aromatic amines is 1. The van der Waals surface area contributed by atoms with E-state index in [-0.39, 0.29) is 5.91 Å². The number of hydrogen-bond donors (Lipinski definition) is 1. The Balaban J connectivity index is 1.66. The second kappa shape index (κ2) is 4.35. The molecule has 1 aliphatic heterocycles. The summed E-state index contributed by atoms with van der Waals surface area (Å²) in [5.41, 5.74) is 0.875. The zero-order valence-corrected chi connectivity index (χ0v) is 9.80. The molecule has 1 saturated heterocycles. The number of imidazole rings is 1. The first-order valence-corrected chi connectivity index (χ1v) is 6.30. The Labute approximate surface area is 101 Å². The van der Waals surface area contributed by atoms with Crippen LogP contribution in [0.5, 0.6) is 0 Å². The summed E-state index contributed by atoms with van der Waals surface area (Å²) in [6.45, 7) is 0.932. The Hall–Kier alpha value is -1.58. The Morgan fingerprint density at radius 1 is 1.47 bits per heavy atom. The summed E-state index contributed by atoms with van der Waals surface area (Å²) in [6.07, 6.45) is 11.7. The fraction of sp³-hybridized carbons (Fsp3) is 0.538. The lowest BCUT2D eigenvalue weighted by molar-refractivity contribution is -0.129. The molecule has 1 amide bonds. The molecule has 1 saturated carbocycles. The highest BCUT2D eigenvalue weighted by Gasteiger charge is 2.35. The predicted molar refractivity (Wildman–Crippen MR) is 65.1 cm³/mol. The summed E-state index contributed by atoms with van der Waals surface area (Å²) in [6, 6.07) is 0.493. The Morgan fingerprint density at radius 2 is 2.41 bits per heavy atom. The van der Waals surface area contributed by atoms with Gasteiger partial charge in [-0.15, -0.1) is 0 Å². The Morgan fingerprint density at radius 3 is 3.24 bits per heavy atom. The number of hydrogen-bond acceptors (Lipinski definition) is 2. The summed E-state index contributed by atoms with van der Waals surface area (Å²) in [5.74, 6) is 1.02. The number of nitrogens with one attached hydrogen (secondary N) is 1. The zero-order chi connectivity index (χ0) is 11.7. The smallest absolute Gasteiger partial charge is 0.246 e. The summed E-state index contributed by atoms with van der Waals surface area (Å²) in [4.78, 5) is 21.0. The number of fused-ring (bicyclic) bond motifs is 2. The number of H-pyrrole nitrogens is 1. The number of piperidine rings is 1. The van der Waals surface area contributed by atoms with Crippen LogP contribution < -0.4 is 0 Å². The minimum absolute atomic E-state index is 0.143. The van der Waals surface area contributed by atoms with E-state index in [1.807, 2.05) is 4.90 Å². The average molecular weight is 231 g/mol. The van der Waals surface area contributed by atoms with Crippen LogP contribution in [-0.2, 0) is 4.79 Å². The number of carbonyl (C=O) groups excluding carboxylic acids is 1. The van der Waals surface area contributed by atoms with E-state index < -0.39 is 0 Å². The maximum Gasteiger partial charge on any atom is 0.246 e. The van der Waals surface area contributed by atoms with E-state index >= 15 is 0 Å². The normalized spacial score (nSPS) is 27.9. The van der Waals surface area contributed by atoms with Crippen molar-refractivity contribution in [2.24, 2.45) is 5.92 Å². The van der Waals surface area contributed by atoms with Crippen molar-refractivity contribution in [1.82, 2.24) is 14.9 Å². The van der Waals surface area contributed by atoms with Gasteiger partial charge in [-0.2, -0.15) is 0 Å². The molecule has 3 rings (SSSR count). The molecule has 1 aromatic heterocycles. The topological polar surface area (TPSA) is 49.0 Å². The van der Waals surface area contributed by atoms with Crippen molar-refractivity contribution in [2.45, 2.75) is 31.7 Å². The predicted octanol–water partition coefficient (Wildman–Crippen LogP) is 1.82. The van der Waals surface area contributed by atoms with Crippen molar-refractivity contribution < 1.29 is 4.79 Å². The van der Waals surface area contributed by atoms with Crippen molar-refractivity contribution in [3.8, 4) is 0 Å². The number of nitrogens with zero attached hydrogens (tertiary/aromatic N) is 2. The number of aromatic nitrogens is 2. The molecule has 1 aliphatic carbocycles. The summed E-state index contributed by atoms with van der Waals surface area (Å²) in [5, 5.41) is 0. The quantitative estimate of drug-likeness (QED) is 0.789. The summed E-state index contributed by atoms with van der Waals surface area (Å²) < 4.78 is 0. The number of amides is 1. The molecule has 2 bridgehead atoms. The van der Waals surface area contributed by atoms with E-state index in [1.165, 1.54) is 25.7 Å². The van der Waals surface area contributed by atoms with Crippen molar-refractivity contribution >= 4 is 12.0 Å². The van der Waals surface area contributed by atoms with Crippen molar-refractivity contribution in [3.05, 3.63) is 24.3 Å². The molecule has 17 heavy (non-hydrogen) atoms. The van der Waals surface area contributed by atoms with E-state index in [1.54, 1.807) is 24.7 Å². The second-order valence-corrected chi connectivity index (χ2v) is 4.99. The van der Waals surface area contributed by atoms with Gasteiger partial charge in [-0.3, -0.25) is 4.79 Å². The molecule has 90 valence electrons. The summed E-state index contributed by atoms with van der Waals surface area (Å²) >= 11 is 0. The van der Waals surface area contributed by atoms with Gasteiger partial charge in [-0.25, -0.2) is 4.98 Å². The number of likely N-dealkylation sites (tertiary alicyclic amines) is 1. The standard InChI is InChI=1S/C13H17N3O/c17-13(4-2-11-8-14-9-15-11)16-6-5-10-1-3-12(16)7-10/h2,4,8-10,12H,1,3,5-7H2,(H,14,15)/b4-2+. The largest absolute Gasteiger partial charge is 0.345 e. The molecule has 2 atom stereocenters. The third-order valence-electron chi connectivity index (χ3n) is 3.94. The molecule has 1 N–H and O–H groups in total. The lowest BCUT2D eigenvalue weighted by Gasteiger charge is -2.32. The van der Waals surface area contributed by atoms with Gasteiger partial charge in [0.25, 0.3) is 0 Å². The monoisotopic (exact) mass is 231 g/mol. The highest BCUT2D eigenvalue weighted by atomic mass is 16.2. The molecule has 0 aromatic carbocycles. The first-order chi connectivity index (χ1) is 8.33. The summed E-state index contributed by atoms with van der Waals surface area (Å²) in [7, 11) is 0. The van der Waals surface area contributed by atoms with Crippen molar-refractivity contribution in [1.29, 1.82) is 0 Å². The van der Waals surface area contributed by atoms with Crippen LogP contribution in [-0.4, -0.2) is 33.4 Å². The van der Waals surface area contributed by atoms with Crippen molar-refractivity contribution in [2.75, 3.05) is 6.54 Å². The van der Waals surface area contributed by atoms with Crippen LogP contribution in [0.1, 0.15) is 31.4 Å². The minimum atomic E-state index is 0.143. The maximum absolute atomic E-state index is 12.1. The zero-order valence-electron chi connectivity index (χ0n) is 9.80. The van der Waals surface area contributed by atoms with Crippen LogP contribution in [0.3, 0.4) is 0 Å². The van der Waals surface area contributed by atoms with Gasteiger partial charge in [0.05, 0.1) is 18.2 Å². The maximum atomic E-state index is 12.1. The van der Waals surface area contributed by atoms with E-state index in [0.29, 0.717) is 6.04 Å². The highest BCUT2D eigenvalue weighted by Crippen LogP contribution is 2.36. The molecule has 2 fully saturated rings. The fourth-order valence-corrected chi connectivity index (χ4v) is 3.00. The lowest BCUT2D eigenvalue weighted by atomic mass is 9.99. The molecule has 2 unspecified atom stereocenters. The third-order valence-corrected chi connectivity index (χ3v) is 3.94. The van der Waals surface area contributed by atoms with Crippen LogP contribution in [0.2, 0.25) is 0 Å². The van der Waals surface area contributed by atoms with E-state index in [9.17, 15) is 4.79 Å². The van der Waals surface area contributed by atoms with Gasteiger partial charge in [0, 0.05) is 18.7 Å². The molecule has 0 radical (unpaired) electrons. The number of rotatable bonds is 2. The van der Waals surface area contributed by atoms with E-state index in [2.05, 4.69) is 9.97 Å². The Kier molecular flexibility index (Phi) is 2.71. The molecular formula is C13H17N3O.